The number of carboxylic acid groups (broad SMARTS) is 1. The van der Waals surface area contributed by atoms with Crippen LogP contribution in [0.25, 0.3) is 0 Å². The number of aliphatic carboxylic acids is 1. The van der Waals surface area contributed by atoms with E-state index in [1.54, 1.807) is 31.2 Å². The van der Waals surface area contributed by atoms with Gasteiger partial charge in [-0.05, 0) is 31.7 Å². The van der Waals surface area contributed by atoms with Crippen LogP contribution in [-0.2, 0) is 30.4 Å². The fourth-order valence-electron chi connectivity index (χ4n) is 5.25. The average molecular weight is 587 g/mol. The minimum atomic E-state index is -1.15. The van der Waals surface area contributed by atoms with Crippen LogP contribution in [0.3, 0.4) is 0 Å². The van der Waals surface area contributed by atoms with Crippen LogP contribution in [0.2, 0.25) is 0 Å². The summed E-state index contributed by atoms with van der Waals surface area (Å²) >= 11 is 0. The van der Waals surface area contributed by atoms with E-state index in [2.05, 4.69) is 22.9 Å². The maximum atomic E-state index is 13.1. The highest BCUT2D eigenvalue weighted by Gasteiger charge is 2.37. The Labute approximate surface area is 250 Å². The molecule has 3 unspecified atom stereocenters. The number of carbonyl (C=O) groups excluding carboxylic acids is 4. The number of carbonyl (C=O) groups is 5. The normalized spacial score (nSPS) is 16.0. The molecule has 1 fully saturated rings. The largest absolute Gasteiger partial charge is 0.480 e. The molecule has 10 heteroatoms. The molecule has 1 aromatic rings. The van der Waals surface area contributed by atoms with Crippen molar-refractivity contribution in [1.82, 2.24) is 20.9 Å². The highest BCUT2D eigenvalue weighted by molar-refractivity contribution is 5.93. The van der Waals surface area contributed by atoms with Crippen molar-refractivity contribution in [2.75, 3.05) is 13.1 Å². The first-order chi connectivity index (χ1) is 20.2. The summed E-state index contributed by atoms with van der Waals surface area (Å²) in [5.74, 6) is -2.51. The minimum Gasteiger partial charge on any atom is -0.480 e. The Morgan fingerprint density at radius 3 is 2.17 bits per heavy atom. The predicted molar refractivity (Wildman–Crippen MR) is 162 cm³/mol. The van der Waals surface area contributed by atoms with Gasteiger partial charge in [0, 0.05) is 32.4 Å². The van der Waals surface area contributed by atoms with Crippen LogP contribution >= 0.6 is 0 Å². The number of unbranched alkanes of at least 4 members (excludes halogenated alkanes) is 8. The molecule has 0 saturated carbocycles. The summed E-state index contributed by atoms with van der Waals surface area (Å²) in [4.78, 5) is 63.8. The van der Waals surface area contributed by atoms with Gasteiger partial charge in [-0.25, -0.2) is 4.79 Å². The zero-order valence-corrected chi connectivity index (χ0v) is 25.4. The fraction of sp³-hybridized carbons (Fsp3) is 0.656. The lowest BCUT2D eigenvalue weighted by Crippen LogP contribution is -2.55. The number of likely N-dealkylation sites (tertiary alicyclic amines) is 1. The van der Waals surface area contributed by atoms with Crippen molar-refractivity contribution in [2.45, 2.75) is 122 Å². The van der Waals surface area contributed by atoms with Crippen LogP contribution in [0, 0.1) is 0 Å². The summed E-state index contributed by atoms with van der Waals surface area (Å²) in [6.07, 6.45) is 12.3. The molecular weight excluding hydrogens is 536 g/mol. The lowest BCUT2D eigenvalue weighted by atomic mass is 10.1. The first-order valence-corrected chi connectivity index (χ1v) is 15.7. The molecular formula is C32H50N4O6. The lowest BCUT2D eigenvalue weighted by molar-refractivity contribution is -0.144. The summed E-state index contributed by atoms with van der Waals surface area (Å²) in [5, 5.41) is 17.6. The number of carboxylic acids is 1. The molecule has 4 amide bonds. The van der Waals surface area contributed by atoms with Gasteiger partial charge in [0.15, 0.2) is 0 Å². The fourth-order valence-corrected chi connectivity index (χ4v) is 5.25. The number of hydrogen-bond acceptors (Lipinski definition) is 5. The quantitative estimate of drug-likeness (QED) is 0.171. The summed E-state index contributed by atoms with van der Waals surface area (Å²) in [6, 6.07) is 6.24. The molecule has 3 atom stereocenters. The molecule has 10 nitrogen and oxygen atoms in total. The Morgan fingerprint density at radius 1 is 0.881 bits per heavy atom. The van der Waals surface area contributed by atoms with E-state index in [9.17, 15) is 29.1 Å². The first-order valence-electron chi connectivity index (χ1n) is 15.7. The lowest BCUT2D eigenvalue weighted by Gasteiger charge is -2.28. The van der Waals surface area contributed by atoms with Gasteiger partial charge in [0.25, 0.3) is 0 Å². The highest BCUT2D eigenvalue weighted by Crippen LogP contribution is 2.19. The molecule has 1 aromatic carbocycles. The van der Waals surface area contributed by atoms with Crippen molar-refractivity contribution in [3.8, 4) is 0 Å². The monoisotopic (exact) mass is 586 g/mol. The van der Waals surface area contributed by atoms with Crippen molar-refractivity contribution in [3.05, 3.63) is 35.9 Å². The van der Waals surface area contributed by atoms with E-state index < -0.39 is 35.9 Å². The van der Waals surface area contributed by atoms with Crippen LogP contribution in [0.1, 0.15) is 103 Å². The van der Waals surface area contributed by atoms with Crippen molar-refractivity contribution in [2.24, 2.45) is 0 Å². The molecule has 42 heavy (non-hydrogen) atoms. The Kier molecular flexibility index (Phi) is 16.3. The number of benzene rings is 1. The molecule has 2 rings (SSSR count). The molecule has 0 aliphatic carbocycles. The second-order valence-corrected chi connectivity index (χ2v) is 11.2. The zero-order valence-electron chi connectivity index (χ0n) is 25.4. The summed E-state index contributed by atoms with van der Waals surface area (Å²) in [7, 11) is 0. The van der Waals surface area contributed by atoms with E-state index in [1.165, 1.54) is 43.4 Å². The van der Waals surface area contributed by atoms with Crippen LogP contribution in [-0.4, -0.2) is 70.8 Å². The number of amides is 4. The standard InChI is InChI=1S/C32H50N4O6/c1-3-4-5-6-7-8-9-10-14-19-28(37)33-21-20-29(38)34-24(2)31(40)36-22-15-18-27(36)30(39)35-26(32(41)42)23-25-16-12-11-13-17-25/h11-13,16-17,24,26-27H,3-10,14-15,18-23H2,1-2H3,(H,33,37)(H,34,38)(H,35,39)(H,41,42). The molecule has 4 N–H and O–H groups in total. The molecule has 0 bridgehead atoms. The Morgan fingerprint density at radius 2 is 1.52 bits per heavy atom. The number of rotatable bonds is 20. The molecule has 1 saturated heterocycles. The van der Waals surface area contributed by atoms with Gasteiger partial charge in [0.1, 0.15) is 18.1 Å². The number of nitrogens with zero attached hydrogens (tertiary/aromatic N) is 1. The smallest absolute Gasteiger partial charge is 0.326 e. The van der Waals surface area contributed by atoms with Crippen molar-refractivity contribution < 1.29 is 29.1 Å². The molecule has 1 heterocycles. The van der Waals surface area contributed by atoms with E-state index in [0.29, 0.717) is 25.8 Å². The third-order valence-corrected chi connectivity index (χ3v) is 7.67. The second-order valence-electron chi connectivity index (χ2n) is 11.2. The molecule has 0 aromatic heterocycles. The van der Waals surface area contributed by atoms with Gasteiger partial charge in [0.2, 0.25) is 23.6 Å². The van der Waals surface area contributed by atoms with Gasteiger partial charge in [-0.1, -0.05) is 88.6 Å². The van der Waals surface area contributed by atoms with Crippen LogP contribution in [0.5, 0.6) is 0 Å². The molecule has 0 radical (unpaired) electrons. The Balaban J connectivity index is 1.68. The van der Waals surface area contributed by atoms with E-state index >= 15 is 0 Å². The number of nitrogens with one attached hydrogen (secondary N) is 3. The van der Waals surface area contributed by atoms with Crippen molar-refractivity contribution in [1.29, 1.82) is 0 Å². The third-order valence-electron chi connectivity index (χ3n) is 7.67. The van der Waals surface area contributed by atoms with Gasteiger partial charge >= 0.3 is 5.97 Å². The van der Waals surface area contributed by atoms with E-state index in [4.69, 9.17) is 0 Å². The molecule has 1 aliphatic rings. The third kappa shape index (κ3) is 13.0. The van der Waals surface area contributed by atoms with Gasteiger partial charge in [-0.3, -0.25) is 19.2 Å². The average Bonchev–Trinajstić information content (AvgIpc) is 3.46. The van der Waals surface area contributed by atoms with E-state index in [-0.39, 0.29) is 31.2 Å². The SMILES string of the molecule is CCCCCCCCCCCC(=O)NCCC(=O)NC(C)C(=O)N1CCCC1C(=O)NC(Cc1ccccc1)C(=O)O. The second kappa shape index (κ2) is 19.6. The highest BCUT2D eigenvalue weighted by atomic mass is 16.4. The molecule has 234 valence electrons. The van der Waals surface area contributed by atoms with Crippen molar-refractivity contribution in [3.63, 3.8) is 0 Å². The van der Waals surface area contributed by atoms with Gasteiger partial charge in [-0.15, -0.1) is 0 Å². The van der Waals surface area contributed by atoms with Gasteiger partial charge in [0.05, 0.1) is 0 Å². The maximum Gasteiger partial charge on any atom is 0.326 e. The van der Waals surface area contributed by atoms with Crippen LogP contribution in [0.15, 0.2) is 30.3 Å². The minimum absolute atomic E-state index is 0.0464. The predicted octanol–water partition coefficient (Wildman–Crippen LogP) is 3.72. The van der Waals surface area contributed by atoms with Gasteiger partial charge < -0.3 is 26.0 Å². The molecule has 1 aliphatic heterocycles. The Bertz CT molecular complexity index is 1000. The van der Waals surface area contributed by atoms with Crippen LogP contribution in [0.4, 0.5) is 0 Å². The van der Waals surface area contributed by atoms with E-state index in [1.807, 2.05) is 6.07 Å². The van der Waals surface area contributed by atoms with E-state index in [0.717, 1.165) is 24.8 Å². The maximum absolute atomic E-state index is 13.1. The first kappa shape index (κ1) is 34.8. The summed E-state index contributed by atoms with van der Waals surface area (Å²) < 4.78 is 0. The van der Waals surface area contributed by atoms with Crippen LogP contribution < -0.4 is 16.0 Å². The Hall–Kier alpha value is -3.43. The topological polar surface area (TPSA) is 145 Å². The summed E-state index contributed by atoms with van der Waals surface area (Å²) in [5.41, 5.74) is 0.778. The van der Waals surface area contributed by atoms with Crippen molar-refractivity contribution >= 4 is 29.6 Å². The number of hydrogen-bond donors (Lipinski definition) is 4. The van der Waals surface area contributed by atoms with Gasteiger partial charge in [-0.2, -0.15) is 0 Å². The molecule has 0 spiro atoms. The summed E-state index contributed by atoms with van der Waals surface area (Å²) in [6.45, 7) is 4.31. The zero-order chi connectivity index (χ0) is 30.7.